The first-order valence-corrected chi connectivity index (χ1v) is 3.00. The van der Waals surface area contributed by atoms with Gasteiger partial charge >= 0.3 is 0 Å². The lowest BCUT2D eigenvalue weighted by molar-refractivity contribution is -0.0669. The van der Waals surface area contributed by atoms with Crippen LogP contribution in [0.5, 0.6) is 0 Å². The largest absolute Gasteiger partial charge is 0.301 e. The quantitative estimate of drug-likeness (QED) is 0.577. The van der Waals surface area contributed by atoms with Crippen molar-refractivity contribution >= 4 is 12.4 Å². The second-order valence-electron chi connectivity index (χ2n) is 3.33. The highest BCUT2D eigenvalue weighted by atomic mass is 35.5. The maximum Gasteiger partial charge on any atom is 0.0797 e. The molecule has 2 N–H and O–H groups in total. The van der Waals surface area contributed by atoms with E-state index in [0.29, 0.717) is 11.5 Å². The molecule has 0 radical (unpaired) electrons. The van der Waals surface area contributed by atoms with Gasteiger partial charge < -0.3 is 4.84 Å². The lowest BCUT2D eigenvalue weighted by Gasteiger charge is -2.40. The monoisotopic (exact) mass is 151 g/mol. The minimum Gasteiger partial charge on any atom is -0.301 e. The second-order valence-corrected chi connectivity index (χ2v) is 3.33. The molecule has 0 heterocycles. The van der Waals surface area contributed by atoms with E-state index in [0.717, 1.165) is 12.8 Å². The Morgan fingerprint density at radius 1 is 1.44 bits per heavy atom. The molecule has 1 rings (SSSR count). The third kappa shape index (κ3) is 2.12. The minimum absolute atomic E-state index is 0. The normalized spacial score (nSPS) is 24.3. The molecule has 0 aromatic heterocycles. The van der Waals surface area contributed by atoms with Crippen molar-refractivity contribution in [3.63, 3.8) is 0 Å². The molecule has 1 aliphatic rings. The van der Waals surface area contributed by atoms with Gasteiger partial charge in [0, 0.05) is 0 Å². The van der Waals surface area contributed by atoms with Gasteiger partial charge in [-0.05, 0) is 18.3 Å². The van der Waals surface area contributed by atoms with Gasteiger partial charge in [-0.15, -0.1) is 12.4 Å². The van der Waals surface area contributed by atoms with Crippen molar-refractivity contribution in [2.75, 3.05) is 0 Å². The molecule has 0 saturated heterocycles. The van der Waals surface area contributed by atoms with Gasteiger partial charge in [0.1, 0.15) is 0 Å². The summed E-state index contributed by atoms with van der Waals surface area (Å²) in [5.74, 6) is 4.95. The molecule has 1 fully saturated rings. The highest BCUT2D eigenvalue weighted by Crippen LogP contribution is 2.40. The summed E-state index contributed by atoms with van der Waals surface area (Å²) in [6.45, 7) is 4.45. The molecule has 0 bridgehead atoms. The fraction of sp³-hybridized carbons (Fsp3) is 1.00. The van der Waals surface area contributed by atoms with E-state index in [1.165, 1.54) is 0 Å². The summed E-state index contributed by atoms with van der Waals surface area (Å²) in [5, 5.41) is 0. The molecule has 0 unspecified atom stereocenters. The fourth-order valence-electron chi connectivity index (χ4n) is 1.27. The summed E-state index contributed by atoms with van der Waals surface area (Å²) < 4.78 is 0. The Labute approximate surface area is 62.1 Å². The van der Waals surface area contributed by atoms with Gasteiger partial charge in [0.25, 0.3) is 0 Å². The van der Waals surface area contributed by atoms with Crippen molar-refractivity contribution in [3.8, 4) is 0 Å². The van der Waals surface area contributed by atoms with Gasteiger partial charge in [-0.25, -0.2) is 5.90 Å². The summed E-state index contributed by atoms with van der Waals surface area (Å²) in [6, 6.07) is 0. The Hall–Kier alpha value is 0.210. The molecule has 0 aromatic carbocycles. The highest BCUT2D eigenvalue weighted by Gasteiger charge is 2.36. The van der Waals surface area contributed by atoms with Crippen LogP contribution in [0.15, 0.2) is 0 Å². The molecule has 1 saturated carbocycles. The average Bonchev–Trinajstić information content (AvgIpc) is 1.60. The SMILES string of the molecule is CC1(C)CC(ON)C1.Cl. The molecule has 56 valence electrons. The molecule has 2 nitrogen and oxygen atoms in total. The lowest BCUT2D eigenvalue weighted by atomic mass is 9.70. The topological polar surface area (TPSA) is 35.2 Å². The summed E-state index contributed by atoms with van der Waals surface area (Å²) in [5.41, 5.74) is 0.490. The predicted octanol–water partition coefficient (Wildman–Crippen LogP) is 1.49. The number of rotatable bonds is 1. The van der Waals surface area contributed by atoms with E-state index >= 15 is 0 Å². The van der Waals surface area contributed by atoms with Crippen molar-refractivity contribution < 1.29 is 4.84 Å². The molecule has 0 atom stereocenters. The third-order valence-corrected chi connectivity index (χ3v) is 1.75. The first-order chi connectivity index (χ1) is 3.64. The molecule has 0 aliphatic heterocycles. The fourth-order valence-corrected chi connectivity index (χ4v) is 1.27. The highest BCUT2D eigenvalue weighted by molar-refractivity contribution is 5.85. The van der Waals surface area contributed by atoms with Gasteiger partial charge in [-0.1, -0.05) is 13.8 Å². The van der Waals surface area contributed by atoms with E-state index in [1.54, 1.807) is 0 Å². The summed E-state index contributed by atoms with van der Waals surface area (Å²) in [6.07, 6.45) is 2.57. The van der Waals surface area contributed by atoms with Crippen LogP contribution in [0.25, 0.3) is 0 Å². The molecule has 0 amide bonds. The minimum atomic E-state index is 0. The van der Waals surface area contributed by atoms with Crippen molar-refractivity contribution in [1.29, 1.82) is 0 Å². The second kappa shape index (κ2) is 2.86. The van der Waals surface area contributed by atoms with E-state index in [2.05, 4.69) is 18.7 Å². The van der Waals surface area contributed by atoms with E-state index in [-0.39, 0.29) is 12.4 Å². The van der Waals surface area contributed by atoms with Crippen molar-refractivity contribution in [3.05, 3.63) is 0 Å². The molecule has 0 aromatic rings. The molecule has 0 spiro atoms. The van der Waals surface area contributed by atoms with E-state index in [1.807, 2.05) is 0 Å². The zero-order valence-corrected chi connectivity index (χ0v) is 6.70. The lowest BCUT2D eigenvalue weighted by Crippen LogP contribution is -2.39. The Morgan fingerprint density at radius 3 is 2.00 bits per heavy atom. The molecular weight excluding hydrogens is 138 g/mol. The van der Waals surface area contributed by atoms with Gasteiger partial charge in [-0.2, -0.15) is 0 Å². The first kappa shape index (κ1) is 9.21. The number of hydrogen-bond acceptors (Lipinski definition) is 2. The molecular formula is C6H14ClNO. The number of hydrogen-bond donors (Lipinski definition) is 1. The summed E-state index contributed by atoms with van der Waals surface area (Å²) >= 11 is 0. The van der Waals surface area contributed by atoms with Crippen LogP contribution in [0.3, 0.4) is 0 Å². The van der Waals surface area contributed by atoms with Gasteiger partial charge in [0.05, 0.1) is 6.10 Å². The van der Waals surface area contributed by atoms with Crippen molar-refractivity contribution in [2.45, 2.75) is 32.8 Å². The van der Waals surface area contributed by atoms with Gasteiger partial charge in [0.2, 0.25) is 0 Å². The number of nitrogens with two attached hydrogens (primary N) is 1. The van der Waals surface area contributed by atoms with Crippen LogP contribution in [0, 0.1) is 5.41 Å². The third-order valence-electron chi connectivity index (χ3n) is 1.75. The standard InChI is InChI=1S/C6H13NO.ClH/c1-6(2)3-5(4-6)8-7;/h5H,3-4,7H2,1-2H3;1H. The van der Waals surface area contributed by atoms with Crippen LogP contribution in [-0.4, -0.2) is 6.10 Å². The first-order valence-electron chi connectivity index (χ1n) is 3.00. The van der Waals surface area contributed by atoms with E-state index in [9.17, 15) is 0 Å². The maximum absolute atomic E-state index is 4.95. The van der Waals surface area contributed by atoms with Crippen molar-refractivity contribution in [2.24, 2.45) is 11.3 Å². The van der Waals surface area contributed by atoms with Gasteiger partial charge in [-0.3, -0.25) is 0 Å². The maximum atomic E-state index is 4.95. The van der Waals surface area contributed by atoms with Crippen molar-refractivity contribution in [1.82, 2.24) is 0 Å². The predicted molar refractivity (Wildman–Crippen MR) is 39.3 cm³/mol. The smallest absolute Gasteiger partial charge is 0.0797 e. The summed E-state index contributed by atoms with van der Waals surface area (Å²) in [4.78, 5) is 4.62. The Kier molecular flexibility index (Phi) is 2.93. The van der Waals surface area contributed by atoms with Crippen LogP contribution in [0.1, 0.15) is 26.7 Å². The molecule has 3 heteroatoms. The zero-order valence-electron chi connectivity index (χ0n) is 5.89. The zero-order chi connectivity index (χ0) is 6.20. The number of halogens is 1. The Morgan fingerprint density at radius 2 is 1.89 bits per heavy atom. The van der Waals surface area contributed by atoms with Crippen LogP contribution in [0.4, 0.5) is 0 Å². The Balaban J connectivity index is 0.000000640. The molecule has 9 heavy (non-hydrogen) atoms. The van der Waals surface area contributed by atoms with E-state index in [4.69, 9.17) is 5.90 Å². The van der Waals surface area contributed by atoms with Crippen LogP contribution < -0.4 is 5.90 Å². The molecule has 1 aliphatic carbocycles. The van der Waals surface area contributed by atoms with Crippen LogP contribution >= 0.6 is 12.4 Å². The van der Waals surface area contributed by atoms with Gasteiger partial charge in [0.15, 0.2) is 0 Å². The average molecular weight is 152 g/mol. The van der Waals surface area contributed by atoms with Crippen LogP contribution in [0.2, 0.25) is 0 Å². The van der Waals surface area contributed by atoms with E-state index < -0.39 is 0 Å². The summed E-state index contributed by atoms with van der Waals surface area (Å²) in [7, 11) is 0. The van der Waals surface area contributed by atoms with Crippen LogP contribution in [-0.2, 0) is 4.84 Å². The Bertz CT molecular complexity index is 87.1.